The summed E-state index contributed by atoms with van der Waals surface area (Å²) in [5.41, 5.74) is 0.426. The van der Waals surface area contributed by atoms with E-state index < -0.39 is 5.97 Å². The van der Waals surface area contributed by atoms with E-state index in [1.54, 1.807) is 12.1 Å². The van der Waals surface area contributed by atoms with Crippen molar-refractivity contribution < 1.29 is 14.7 Å². The summed E-state index contributed by atoms with van der Waals surface area (Å²) in [6.45, 7) is 0.298. The second-order valence-corrected chi connectivity index (χ2v) is 6.42. The Balaban J connectivity index is 1.48. The molecule has 0 spiro atoms. The van der Waals surface area contributed by atoms with Crippen molar-refractivity contribution in [3.63, 3.8) is 0 Å². The third kappa shape index (κ3) is 2.89. The predicted octanol–water partition coefficient (Wildman–Crippen LogP) is 2.12. The lowest BCUT2D eigenvalue weighted by molar-refractivity contribution is 0.0697. The molecule has 2 saturated carbocycles. The first-order valence-corrected chi connectivity index (χ1v) is 8.18. The van der Waals surface area contributed by atoms with Crippen LogP contribution >= 0.6 is 0 Å². The molecule has 0 unspecified atom stereocenters. The number of carbonyl (C=O) groups excluding carboxylic acids is 1. The molecule has 124 valence electrons. The van der Waals surface area contributed by atoms with E-state index in [9.17, 15) is 9.59 Å². The average Bonchev–Trinajstić information content (AvgIpc) is 3.51. The molecular formula is C17H18N4O3. The number of aromatic carboxylic acids is 1. The number of benzene rings is 1. The van der Waals surface area contributed by atoms with Gasteiger partial charge in [-0.3, -0.25) is 4.79 Å². The molecule has 2 aliphatic rings. The van der Waals surface area contributed by atoms with Crippen LogP contribution in [-0.4, -0.2) is 31.7 Å². The number of aromatic nitrogens is 3. The molecule has 7 nitrogen and oxygen atoms in total. The molecule has 0 atom stereocenters. The molecular weight excluding hydrogens is 308 g/mol. The molecule has 1 aromatic heterocycles. The number of carbonyl (C=O) groups is 2. The second-order valence-electron chi connectivity index (χ2n) is 6.42. The van der Waals surface area contributed by atoms with Crippen LogP contribution in [0.5, 0.6) is 0 Å². The van der Waals surface area contributed by atoms with Crippen molar-refractivity contribution in [2.45, 2.75) is 44.2 Å². The topological polar surface area (TPSA) is 97.1 Å². The fraction of sp³-hybridized carbons (Fsp3) is 0.412. The predicted molar refractivity (Wildman–Crippen MR) is 84.8 cm³/mol. The Hall–Kier alpha value is -2.70. The Morgan fingerprint density at radius 2 is 1.92 bits per heavy atom. The smallest absolute Gasteiger partial charge is 0.335 e. The first kappa shape index (κ1) is 14.9. The number of amides is 1. The van der Waals surface area contributed by atoms with Crippen molar-refractivity contribution in [2.75, 3.05) is 0 Å². The van der Waals surface area contributed by atoms with Crippen LogP contribution in [0.25, 0.3) is 0 Å². The number of nitrogens with zero attached hydrogens (tertiary/aromatic N) is 3. The molecule has 1 aromatic carbocycles. The Kier molecular flexibility index (Phi) is 3.55. The zero-order chi connectivity index (χ0) is 16.7. The fourth-order valence-electron chi connectivity index (χ4n) is 2.86. The van der Waals surface area contributed by atoms with Gasteiger partial charge in [-0.05, 0) is 43.9 Å². The maximum atomic E-state index is 12.3. The summed E-state index contributed by atoms with van der Waals surface area (Å²) in [6.07, 6.45) is 4.61. The van der Waals surface area contributed by atoms with Crippen molar-refractivity contribution in [1.82, 2.24) is 20.1 Å². The largest absolute Gasteiger partial charge is 0.478 e. The lowest BCUT2D eigenvalue weighted by atomic mass is 10.1. The molecule has 1 amide bonds. The number of carboxylic acid groups (broad SMARTS) is 1. The van der Waals surface area contributed by atoms with Gasteiger partial charge in [0.25, 0.3) is 5.91 Å². The van der Waals surface area contributed by atoms with E-state index >= 15 is 0 Å². The minimum absolute atomic E-state index is 0.0971. The molecule has 24 heavy (non-hydrogen) atoms. The highest BCUT2D eigenvalue weighted by molar-refractivity contribution is 5.97. The highest BCUT2D eigenvalue weighted by Gasteiger charge is 2.36. The Morgan fingerprint density at radius 3 is 2.58 bits per heavy atom. The lowest BCUT2D eigenvalue weighted by Crippen LogP contribution is -2.25. The van der Waals surface area contributed by atoms with Gasteiger partial charge in [-0.25, -0.2) is 4.79 Å². The van der Waals surface area contributed by atoms with Crippen LogP contribution < -0.4 is 5.32 Å². The maximum absolute atomic E-state index is 12.3. The van der Waals surface area contributed by atoms with Crippen LogP contribution in [-0.2, 0) is 6.54 Å². The van der Waals surface area contributed by atoms with Crippen LogP contribution in [0, 0.1) is 0 Å². The molecule has 7 heteroatoms. The first-order chi connectivity index (χ1) is 11.6. The fourth-order valence-corrected chi connectivity index (χ4v) is 2.86. The van der Waals surface area contributed by atoms with E-state index in [4.69, 9.17) is 5.11 Å². The molecule has 2 N–H and O–H groups in total. The second kappa shape index (κ2) is 5.74. The van der Waals surface area contributed by atoms with Crippen molar-refractivity contribution in [3.05, 3.63) is 47.0 Å². The average molecular weight is 326 g/mol. The summed E-state index contributed by atoms with van der Waals surface area (Å²) >= 11 is 0. The molecule has 0 aliphatic heterocycles. The highest BCUT2D eigenvalue weighted by Crippen LogP contribution is 2.44. The van der Waals surface area contributed by atoms with Crippen LogP contribution in [0.4, 0.5) is 0 Å². The summed E-state index contributed by atoms with van der Waals surface area (Å²) in [5, 5.41) is 20.4. The van der Waals surface area contributed by atoms with Gasteiger partial charge in [0, 0.05) is 17.5 Å². The van der Waals surface area contributed by atoms with Gasteiger partial charge < -0.3 is 15.0 Å². The van der Waals surface area contributed by atoms with Gasteiger partial charge in [-0.2, -0.15) is 0 Å². The Morgan fingerprint density at radius 1 is 1.17 bits per heavy atom. The van der Waals surface area contributed by atoms with E-state index in [2.05, 4.69) is 20.1 Å². The maximum Gasteiger partial charge on any atom is 0.335 e. The third-order valence-electron chi connectivity index (χ3n) is 4.43. The zero-order valence-corrected chi connectivity index (χ0v) is 13.1. The molecule has 2 aromatic rings. The molecule has 4 rings (SSSR count). The van der Waals surface area contributed by atoms with Crippen molar-refractivity contribution >= 4 is 11.9 Å². The van der Waals surface area contributed by atoms with Crippen molar-refractivity contribution in [1.29, 1.82) is 0 Å². The summed E-state index contributed by atoms with van der Waals surface area (Å²) in [7, 11) is 0. The van der Waals surface area contributed by atoms with E-state index in [1.165, 1.54) is 25.0 Å². The van der Waals surface area contributed by atoms with Gasteiger partial charge in [-0.15, -0.1) is 10.2 Å². The summed E-state index contributed by atoms with van der Waals surface area (Å²) in [4.78, 5) is 23.3. The van der Waals surface area contributed by atoms with Gasteiger partial charge in [0.15, 0.2) is 5.82 Å². The van der Waals surface area contributed by atoms with Crippen molar-refractivity contribution in [3.8, 4) is 0 Å². The number of carboxylic acids is 1. The summed E-state index contributed by atoms with van der Waals surface area (Å²) < 4.78 is 2.19. The van der Waals surface area contributed by atoms with Crippen LogP contribution in [0.3, 0.4) is 0 Å². The molecule has 0 radical (unpaired) electrons. The summed E-state index contributed by atoms with van der Waals surface area (Å²) in [6, 6.07) is 6.47. The number of nitrogens with one attached hydrogen (secondary N) is 1. The molecule has 2 fully saturated rings. The van der Waals surface area contributed by atoms with Crippen LogP contribution in [0.2, 0.25) is 0 Å². The number of hydrogen-bond acceptors (Lipinski definition) is 4. The Bertz CT molecular complexity index is 806. The first-order valence-electron chi connectivity index (χ1n) is 8.18. The molecule has 1 heterocycles. The van der Waals surface area contributed by atoms with E-state index in [0.29, 0.717) is 24.1 Å². The third-order valence-corrected chi connectivity index (χ3v) is 4.43. The van der Waals surface area contributed by atoms with Gasteiger partial charge >= 0.3 is 5.97 Å². The van der Waals surface area contributed by atoms with Gasteiger partial charge in [-0.1, -0.05) is 6.07 Å². The van der Waals surface area contributed by atoms with E-state index in [1.807, 2.05) is 0 Å². The lowest BCUT2D eigenvalue weighted by Gasteiger charge is -2.09. The van der Waals surface area contributed by atoms with E-state index in [-0.39, 0.29) is 11.5 Å². The quantitative estimate of drug-likeness (QED) is 0.847. The number of rotatable bonds is 6. The molecule has 2 aliphatic carbocycles. The molecule has 0 bridgehead atoms. The Labute approximate surface area is 138 Å². The monoisotopic (exact) mass is 326 g/mol. The van der Waals surface area contributed by atoms with Crippen LogP contribution in [0.1, 0.15) is 70.0 Å². The van der Waals surface area contributed by atoms with E-state index in [0.717, 1.165) is 24.5 Å². The van der Waals surface area contributed by atoms with Crippen molar-refractivity contribution in [2.24, 2.45) is 0 Å². The number of hydrogen-bond donors (Lipinski definition) is 2. The van der Waals surface area contributed by atoms with Crippen LogP contribution in [0.15, 0.2) is 24.3 Å². The summed E-state index contributed by atoms with van der Waals surface area (Å²) in [5.74, 6) is 0.996. The minimum Gasteiger partial charge on any atom is -0.478 e. The zero-order valence-electron chi connectivity index (χ0n) is 13.1. The SMILES string of the molecule is O=C(O)c1cccc(C(=O)NCc2nnc(C3CC3)n2C2CC2)c1. The van der Waals surface area contributed by atoms with Gasteiger partial charge in [0.2, 0.25) is 0 Å². The van der Waals surface area contributed by atoms with Gasteiger partial charge in [0.1, 0.15) is 5.82 Å². The standard InChI is InChI=1S/C17H18N4O3/c22-16(11-2-1-3-12(8-11)17(23)24)18-9-14-19-20-15(10-4-5-10)21(14)13-6-7-13/h1-3,8,10,13H,4-7,9H2,(H,18,22)(H,23,24). The molecule has 0 saturated heterocycles. The normalized spacial score (nSPS) is 16.8. The highest BCUT2D eigenvalue weighted by atomic mass is 16.4. The van der Waals surface area contributed by atoms with Gasteiger partial charge in [0.05, 0.1) is 12.1 Å². The minimum atomic E-state index is -1.05.